The van der Waals surface area contributed by atoms with Gasteiger partial charge in [0.1, 0.15) is 0 Å². The first kappa shape index (κ1) is 3.94. The molecule has 0 heteroatoms. The van der Waals surface area contributed by atoms with Crippen molar-refractivity contribution in [2.75, 3.05) is 0 Å². The van der Waals surface area contributed by atoms with Gasteiger partial charge in [-0.25, -0.2) is 0 Å². The van der Waals surface area contributed by atoms with Gasteiger partial charge in [0.2, 0.25) is 0 Å². The van der Waals surface area contributed by atoms with Crippen LogP contribution in [-0.4, -0.2) is 0 Å². The standard InChI is InChI=1S/C7H14/c1-7(2,3)6-4-5-6/h6H,4-5H2,1-3H3/i6D. The molecule has 0 aromatic rings. The fourth-order valence-electron chi connectivity index (χ4n) is 0.812. The summed E-state index contributed by atoms with van der Waals surface area (Å²) in [6.07, 6.45) is 2.22. The van der Waals surface area contributed by atoms with Crippen LogP contribution in [0.15, 0.2) is 0 Å². The minimum Gasteiger partial charge on any atom is -0.0599 e. The van der Waals surface area contributed by atoms with E-state index in [-0.39, 0.29) is 11.3 Å². The fraction of sp³-hybridized carbons (Fsp3) is 1.00. The Morgan fingerprint density at radius 2 is 1.86 bits per heavy atom. The van der Waals surface area contributed by atoms with Crippen molar-refractivity contribution in [3.05, 3.63) is 0 Å². The molecule has 0 saturated heterocycles. The lowest BCUT2D eigenvalue weighted by Crippen LogP contribution is -2.06. The van der Waals surface area contributed by atoms with Crippen LogP contribution in [0.1, 0.15) is 35.0 Å². The van der Waals surface area contributed by atoms with Crippen LogP contribution in [0.3, 0.4) is 0 Å². The average molecular weight is 99.2 g/mol. The first-order valence-electron chi connectivity index (χ1n) is 3.46. The van der Waals surface area contributed by atoms with Crippen LogP contribution in [0.25, 0.3) is 0 Å². The third-order valence-electron chi connectivity index (χ3n) is 1.56. The lowest BCUT2D eigenvalue weighted by molar-refractivity contribution is 0.351. The highest BCUT2D eigenvalue weighted by molar-refractivity contribution is 4.84. The maximum absolute atomic E-state index is 7.69. The van der Waals surface area contributed by atoms with E-state index in [9.17, 15) is 0 Å². The molecule has 0 radical (unpaired) electrons. The van der Waals surface area contributed by atoms with Crippen molar-refractivity contribution < 1.29 is 1.37 Å². The minimum atomic E-state index is -0.0625. The number of hydrogen-bond acceptors (Lipinski definition) is 0. The van der Waals surface area contributed by atoms with Gasteiger partial charge in [-0.3, -0.25) is 0 Å². The first-order chi connectivity index (χ1) is 3.46. The molecule has 0 unspecified atom stereocenters. The van der Waals surface area contributed by atoms with Crippen LogP contribution < -0.4 is 0 Å². The Bertz CT molecular complexity index is 92.2. The van der Waals surface area contributed by atoms with E-state index in [1.807, 2.05) is 0 Å². The van der Waals surface area contributed by atoms with Gasteiger partial charge < -0.3 is 0 Å². The molecule has 1 fully saturated rings. The molecule has 1 rings (SSSR count). The Kier molecular flexibility index (Phi) is 0.697. The molecule has 0 bridgehead atoms. The second-order valence-corrected chi connectivity index (χ2v) is 3.35. The lowest BCUT2D eigenvalue weighted by atomic mass is 9.91. The van der Waals surface area contributed by atoms with Crippen LogP contribution in [0.5, 0.6) is 0 Å². The Labute approximate surface area is 47.3 Å². The minimum absolute atomic E-state index is 0.0625. The maximum Gasteiger partial charge on any atom is 0.0308 e. The van der Waals surface area contributed by atoms with E-state index in [1.165, 1.54) is 0 Å². The summed E-state index contributed by atoms with van der Waals surface area (Å²) in [4.78, 5) is 0. The Hall–Kier alpha value is 0. The van der Waals surface area contributed by atoms with Crippen molar-refractivity contribution in [1.29, 1.82) is 0 Å². The summed E-state index contributed by atoms with van der Waals surface area (Å²) < 4.78 is 7.69. The molecule has 0 atom stereocenters. The van der Waals surface area contributed by atoms with Gasteiger partial charge in [-0.05, 0) is 24.2 Å². The molecule has 0 heterocycles. The zero-order valence-corrected chi connectivity index (χ0v) is 5.41. The molecule has 0 aromatic carbocycles. The van der Waals surface area contributed by atoms with E-state index in [4.69, 9.17) is 1.37 Å². The third kappa shape index (κ3) is 1.19. The van der Waals surface area contributed by atoms with Gasteiger partial charge in [0.05, 0.1) is 0 Å². The second-order valence-electron chi connectivity index (χ2n) is 3.35. The summed E-state index contributed by atoms with van der Waals surface area (Å²) >= 11 is 0. The van der Waals surface area contributed by atoms with Crippen LogP contribution >= 0.6 is 0 Å². The zero-order valence-electron chi connectivity index (χ0n) is 6.41. The van der Waals surface area contributed by atoms with E-state index in [1.54, 1.807) is 0 Å². The highest BCUT2D eigenvalue weighted by Gasteiger charge is 2.33. The lowest BCUT2D eigenvalue weighted by Gasteiger charge is -2.15. The Morgan fingerprint density at radius 1 is 1.43 bits per heavy atom. The molecule has 0 spiro atoms. The van der Waals surface area contributed by atoms with Crippen molar-refractivity contribution in [2.24, 2.45) is 11.3 Å². The van der Waals surface area contributed by atoms with Gasteiger partial charge in [0.25, 0.3) is 0 Å². The fourth-order valence-corrected chi connectivity index (χ4v) is 0.812. The summed E-state index contributed by atoms with van der Waals surface area (Å²) in [5, 5.41) is 0. The molecule has 0 aromatic heterocycles. The van der Waals surface area contributed by atoms with Crippen LogP contribution in [-0.2, 0) is 0 Å². The van der Waals surface area contributed by atoms with E-state index >= 15 is 0 Å². The van der Waals surface area contributed by atoms with Gasteiger partial charge in [-0.2, -0.15) is 0 Å². The molecule has 0 amide bonds. The van der Waals surface area contributed by atoms with Gasteiger partial charge in [-0.15, -0.1) is 0 Å². The molecular weight excluding hydrogens is 84.1 g/mol. The topological polar surface area (TPSA) is 0 Å². The first-order valence-corrected chi connectivity index (χ1v) is 2.96. The van der Waals surface area contributed by atoms with Crippen LogP contribution in [0.4, 0.5) is 0 Å². The van der Waals surface area contributed by atoms with Gasteiger partial charge in [-0.1, -0.05) is 20.8 Å². The van der Waals surface area contributed by atoms with E-state index in [2.05, 4.69) is 20.8 Å². The number of hydrogen-bond donors (Lipinski definition) is 0. The highest BCUT2D eigenvalue weighted by atomic mass is 14.4. The molecule has 1 aliphatic carbocycles. The summed E-state index contributed by atoms with van der Waals surface area (Å²) in [7, 11) is 0. The van der Waals surface area contributed by atoms with Crippen molar-refractivity contribution in [1.82, 2.24) is 0 Å². The summed E-state index contributed by atoms with van der Waals surface area (Å²) in [6.45, 7) is 6.44. The van der Waals surface area contributed by atoms with Gasteiger partial charge in [0.15, 0.2) is 0 Å². The molecular formula is C7H14. The quantitative estimate of drug-likeness (QED) is 0.437. The van der Waals surface area contributed by atoms with E-state index in [0.717, 1.165) is 12.8 Å². The predicted octanol–water partition coefficient (Wildman–Crippen LogP) is 2.44. The summed E-state index contributed by atoms with van der Waals surface area (Å²) in [5.41, 5.74) is 0.215. The van der Waals surface area contributed by atoms with E-state index in [0.29, 0.717) is 0 Å². The number of rotatable bonds is 0. The molecule has 0 N–H and O–H groups in total. The van der Waals surface area contributed by atoms with Gasteiger partial charge >= 0.3 is 0 Å². The summed E-state index contributed by atoms with van der Waals surface area (Å²) in [5.74, 6) is -0.0625. The van der Waals surface area contributed by atoms with Crippen molar-refractivity contribution >= 4 is 0 Å². The van der Waals surface area contributed by atoms with Crippen molar-refractivity contribution in [3.63, 3.8) is 0 Å². The molecule has 7 heavy (non-hydrogen) atoms. The third-order valence-corrected chi connectivity index (χ3v) is 1.56. The smallest absolute Gasteiger partial charge is 0.0308 e. The van der Waals surface area contributed by atoms with Crippen molar-refractivity contribution in [2.45, 2.75) is 33.6 Å². The maximum atomic E-state index is 7.69. The monoisotopic (exact) mass is 99.1 g/mol. The normalized spacial score (nSPS) is 29.3. The average Bonchev–Trinajstić information content (AvgIpc) is 2.16. The van der Waals surface area contributed by atoms with E-state index < -0.39 is 0 Å². The highest BCUT2D eigenvalue weighted by Crippen LogP contribution is 2.44. The zero-order chi connectivity index (χ0) is 6.41. The van der Waals surface area contributed by atoms with Crippen LogP contribution in [0.2, 0.25) is 0 Å². The predicted molar refractivity (Wildman–Crippen MR) is 32.2 cm³/mol. The molecule has 1 aliphatic rings. The van der Waals surface area contributed by atoms with Crippen LogP contribution in [0, 0.1) is 11.3 Å². The van der Waals surface area contributed by atoms with Gasteiger partial charge in [0, 0.05) is 1.37 Å². The Morgan fingerprint density at radius 3 is 1.86 bits per heavy atom. The SMILES string of the molecule is [2H]C1(C(C)(C)C)CC1. The largest absolute Gasteiger partial charge is 0.0599 e. The summed E-state index contributed by atoms with van der Waals surface area (Å²) in [6, 6.07) is 0. The Balaban J connectivity index is 2.58. The molecule has 42 valence electrons. The molecule has 0 aliphatic heterocycles. The second kappa shape index (κ2) is 1.24. The molecule has 1 saturated carbocycles. The van der Waals surface area contributed by atoms with Crippen molar-refractivity contribution in [3.8, 4) is 0 Å². The molecule has 0 nitrogen and oxygen atoms in total.